The molecule has 110 valence electrons. The summed E-state index contributed by atoms with van der Waals surface area (Å²) in [4.78, 5) is 18.1. The number of rotatable bonds is 3. The number of hydrogen-bond donors (Lipinski definition) is 1. The van der Waals surface area contributed by atoms with Crippen LogP contribution in [-0.4, -0.2) is 15.1 Å². The van der Waals surface area contributed by atoms with E-state index in [1.807, 2.05) is 12.1 Å². The lowest BCUT2D eigenvalue weighted by Gasteiger charge is -2.25. The summed E-state index contributed by atoms with van der Waals surface area (Å²) in [6, 6.07) is 11.5. The fourth-order valence-corrected chi connectivity index (χ4v) is 2.65. The molecule has 0 spiro atoms. The number of H-pyrrole nitrogens is 1. The fourth-order valence-electron chi connectivity index (χ4n) is 2.65. The van der Waals surface area contributed by atoms with Gasteiger partial charge in [-0.3, -0.25) is 4.79 Å². The summed E-state index contributed by atoms with van der Waals surface area (Å²) in [6.45, 7) is 0. The third kappa shape index (κ3) is 2.35. The number of hydrogen-bond acceptors (Lipinski definition) is 4. The van der Waals surface area contributed by atoms with Crippen molar-refractivity contribution >= 4 is 0 Å². The highest BCUT2D eigenvalue weighted by Crippen LogP contribution is 2.36. The minimum Gasteiger partial charge on any atom is -0.334 e. The number of pyridine rings is 1. The van der Waals surface area contributed by atoms with Crippen molar-refractivity contribution in [2.24, 2.45) is 0 Å². The Hall–Kier alpha value is -2.69. The van der Waals surface area contributed by atoms with Crippen LogP contribution >= 0.6 is 0 Å². The van der Waals surface area contributed by atoms with E-state index >= 15 is 0 Å². The monoisotopic (exact) mass is 293 g/mol. The Bertz CT molecular complexity index is 824. The molecule has 0 amide bonds. The zero-order chi connectivity index (χ0) is 14.9. The molecule has 1 aromatic carbocycles. The molecule has 0 bridgehead atoms. The molecule has 0 radical (unpaired) electrons. The lowest BCUT2D eigenvalue weighted by Crippen LogP contribution is -2.08. The highest BCUT2D eigenvalue weighted by Gasteiger charge is 2.19. The Labute approximate surface area is 127 Å². The van der Waals surface area contributed by atoms with Crippen LogP contribution in [0.25, 0.3) is 22.8 Å². The van der Waals surface area contributed by atoms with Crippen LogP contribution in [0.5, 0.6) is 0 Å². The molecule has 1 fully saturated rings. The summed E-state index contributed by atoms with van der Waals surface area (Å²) >= 11 is 0. The van der Waals surface area contributed by atoms with Gasteiger partial charge in [-0.15, -0.1) is 0 Å². The zero-order valence-electron chi connectivity index (χ0n) is 12.0. The summed E-state index contributed by atoms with van der Waals surface area (Å²) in [6.07, 6.45) is 5.49. The summed E-state index contributed by atoms with van der Waals surface area (Å²) in [5, 5.41) is 3.97. The first-order chi connectivity index (χ1) is 10.8. The van der Waals surface area contributed by atoms with Gasteiger partial charge in [-0.1, -0.05) is 23.7 Å². The van der Waals surface area contributed by atoms with E-state index in [4.69, 9.17) is 4.52 Å². The van der Waals surface area contributed by atoms with Crippen molar-refractivity contribution in [1.29, 1.82) is 0 Å². The van der Waals surface area contributed by atoms with E-state index in [-0.39, 0.29) is 5.56 Å². The number of nitrogens with zero attached hydrogens (tertiary/aromatic N) is 2. The maximum absolute atomic E-state index is 11.1. The molecular weight excluding hydrogens is 278 g/mol. The number of aromatic nitrogens is 3. The minimum absolute atomic E-state index is 0.154. The number of benzene rings is 1. The molecule has 3 aromatic rings. The van der Waals surface area contributed by atoms with Crippen molar-refractivity contribution in [3.05, 3.63) is 58.5 Å². The first-order valence-corrected chi connectivity index (χ1v) is 7.43. The van der Waals surface area contributed by atoms with Crippen LogP contribution in [0.2, 0.25) is 0 Å². The maximum atomic E-state index is 11.1. The van der Waals surface area contributed by atoms with Gasteiger partial charge >= 0.3 is 0 Å². The van der Waals surface area contributed by atoms with Gasteiger partial charge in [0.25, 0.3) is 5.89 Å². The zero-order valence-corrected chi connectivity index (χ0v) is 12.0. The van der Waals surface area contributed by atoms with Crippen LogP contribution in [0.1, 0.15) is 30.7 Å². The van der Waals surface area contributed by atoms with Crippen molar-refractivity contribution < 1.29 is 4.52 Å². The molecule has 1 aliphatic rings. The topological polar surface area (TPSA) is 71.8 Å². The molecule has 5 nitrogen and oxygen atoms in total. The molecule has 0 saturated heterocycles. The number of nitrogens with one attached hydrogen (secondary N) is 1. The van der Waals surface area contributed by atoms with Gasteiger partial charge in [0, 0.05) is 23.4 Å². The summed E-state index contributed by atoms with van der Waals surface area (Å²) in [5.41, 5.74) is 2.86. The van der Waals surface area contributed by atoms with Crippen molar-refractivity contribution in [2.75, 3.05) is 0 Å². The Morgan fingerprint density at radius 1 is 1.05 bits per heavy atom. The predicted octanol–water partition coefficient (Wildman–Crippen LogP) is 3.36. The molecule has 0 atom stereocenters. The molecular formula is C17H15N3O2. The van der Waals surface area contributed by atoms with E-state index in [0.717, 1.165) is 11.1 Å². The van der Waals surface area contributed by atoms with Crippen molar-refractivity contribution in [3.63, 3.8) is 0 Å². The molecule has 1 aliphatic carbocycles. The highest BCUT2D eigenvalue weighted by atomic mass is 16.5. The van der Waals surface area contributed by atoms with E-state index in [2.05, 4.69) is 27.3 Å². The van der Waals surface area contributed by atoms with Crippen molar-refractivity contribution in [2.45, 2.75) is 25.2 Å². The molecule has 2 heterocycles. The van der Waals surface area contributed by atoms with E-state index in [1.54, 1.807) is 12.3 Å². The van der Waals surface area contributed by atoms with Crippen LogP contribution in [0, 0.1) is 0 Å². The normalized spacial score (nSPS) is 14.7. The van der Waals surface area contributed by atoms with E-state index in [9.17, 15) is 4.79 Å². The molecule has 1 N–H and O–H groups in total. The first-order valence-electron chi connectivity index (χ1n) is 7.43. The van der Waals surface area contributed by atoms with Crippen LogP contribution in [0.3, 0.4) is 0 Å². The summed E-state index contributed by atoms with van der Waals surface area (Å²) < 4.78 is 5.32. The molecule has 22 heavy (non-hydrogen) atoms. The van der Waals surface area contributed by atoms with Crippen molar-refractivity contribution in [1.82, 2.24) is 15.1 Å². The van der Waals surface area contributed by atoms with E-state index in [0.29, 0.717) is 17.6 Å². The van der Waals surface area contributed by atoms with Crippen molar-refractivity contribution in [3.8, 4) is 22.8 Å². The summed E-state index contributed by atoms with van der Waals surface area (Å²) in [5.74, 6) is 1.67. The molecule has 1 saturated carbocycles. The quantitative estimate of drug-likeness (QED) is 0.803. The highest BCUT2D eigenvalue weighted by molar-refractivity contribution is 5.59. The third-order valence-corrected chi connectivity index (χ3v) is 4.20. The van der Waals surface area contributed by atoms with E-state index < -0.39 is 0 Å². The third-order valence-electron chi connectivity index (χ3n) is 4.20. The van der Waals surface area contributed by atoms with Gasteiger partial charge in [0.1, 0.15) is 0 Å². The summed E-state index contributed by atoms with van der Waals surface area (Å²) in [7, 11) is 0. The van der Waals surface area contributed by atoms with Crippen LogP contribution < -0.4 is 5.56 Å². The fraction of sp³-hybridized carbons (Fsp3) is 0.235. The van der Waals surface area contributed by atoms with Crippen LogP contribution in [-0.2, 0) is 0 Å². The second-order valence-electron chi connectivity index (χ2n) is 5.61. The van der Waals surface area contributed by atoms with E-state index in [1.165, 1.54) is 30.9 Å². The average molecular weight is 293 g/mol. The second-order valence-corrected chi connectivity index (χ2v) is 5.61. The minimum atomic E-state index is -0.154. The Balaban J connectivity index is 1.60. The number of aromatic amines is 1. The molecule has 0 unspecified atom stereocenters. The smallest absolute Gasteiger partial charge is 0.258 e. The SMILES string of the molecule is O=c1ccc(-c2noc(-c3ccc(C4CCC4)cc3)n2)c[nH]1. The first kappa shape index (κ1) is 13.0. The van der Waals surface area contributed by atoms with Gasteiger partial charge in [-0.2, -0.15) is 4.98 Å². The lowest BCUT2D eigenvalue weighted by molar-refractivity contribution is 0.419. The second kappa shape index (κ2) is 5.26. The van der Waals surface area contributed by atoms with Gasteiger partial charge in [-0.05, 0) is 42.5 Å². The Morgan fingerprint density at radius 2 is 1.82 bits per heavy atom. The van der Waals surface area contributed by atoms with Gasteiger partial charge in [0.05, 0.1) is 0 Å². The standard InChI is InChI=1S/C17H15N3O2/c21-15-9-8-14(10-18-15)16-19-17(22-20-16)13-6-4-12(5-7-13)11-2-1-3-11/h4-11H,1-3H2,(H,18,21). The van der Waals surface area contributed by atoms with Gasteiger partial charge < -0.3 is 9.51 Å². The van der Waals surface area contributed by atoms with Gasteiger partial charge in [0.2, 0.25) is 11.4 Å². The van der Waals surface area contributed by atoms with Gasteiger partial charge in [0.15, 0.2) is 0 Å². The predicted molar refractivity (Wildman–Crippen MR) is 82.4 cm³/mol. The Kier molecular flexibility index (Phi) is 3.11. The van der Waals surface area contributed by atoms with Crippen LogP contribution in [0.15, 0.2) is 51.9 Å². The molecule has 4 rings (SSSR count). The molecule has 2 aromatic heterocycles. The average Bonchev–Trinajstić information content (AvgIpc) is 2.97. The lowest BCUT2D eigenvalue weighted by atomic mass is 9.80. The van der Waals surface area contributed by atoms with Crippen LogP contribution in [0.4, 0.5) is 0 Å². The largest absolute Gasteiger partial charge is 0.334 e. The molecule has 5 heteroatoms. The Morgan fingerprint density at radius 3 is 2.45 bits per heavy atom. The maximum Gasteiger partial charge on any atom is 0.258 e. The van der Waals surface area contributed by atoms with Gasteiger partial charge in [-0.25, -0.2) is 0 Å². The molecule has 0 aliphatic heterocycles.